The fourth-order valence-corrected chi connectivity index (χ4v) is 2.08. The molecule has 0 saturated carbocycles. The molecule has 2 aromatic carbocycles. The average molecular weight is 311 g/mol. The van der Waals surface area contributed by atoms with Crippen LogP contribution in [0, 0.1) is 0 Å². The molecule has 0 bridgehead atoms. The number of rotatable bonds is 4. The number of nitrogens with zero attached hydrogens (tertiary/aromatic N) is 3. The Morgan fingerprint density at radius 2 is 1.83 bits per heavy atom. The second-order valence-electron chi connectivity index (χ2n) is 4.82. The number of benzene rings is 2. The quantitative estimate of drug-likeness (QED) is 0.723. The van der Waals surface area contributed by atoms with E-state index < -0.39 is 24.4 Å². The van der Waals surface area contributed by atoms with Gasteiger partial charge in [-0.3, -0.25) is 4.79 Å². The van der Waals surface area contributed by atoms with Crippen molar-refractivity contribution in [3.8, 4) is 0 Å². The summed E-state index contributed by atoms with van der Waals surface area (Å²) in [6.45, 7) is -0.417. The van der Waals surface area contributed by atoms with E-state index in [2.05, 4.69) is 10.3 Å². The van der Waals surface area contributed by atoms with Crippen LogP contribution in [0.3, 0.4) is 0 Å². The zero-order valence-corrected chi connectivity index (χ0v) is 12.0. The van der Waals surface area contributed by atoms with Crippen molar-refractivity contribution in [1.82, 2.24) is 15.0 Å². The van der Waals surface area contributed by atoms with Crippen LogP contribution in [0.4, 0.5) is 0 Å². The fraction of sp³-hybridized carbons (Fsp3) is 0.125. The summed E-state index contributed by atoms with van der Waals surface area (Å²) in [5.41, 5.74) is 0.455. The van der Waals surface area contributed by atoms with Crippen molar-refractivity contribution in [3.05, 3.63) is 70.5 Å². The molecule has 1 heterocycles. The molecule has 0 spiro atoms. The van der Waals surface area contributed by atoms with E-state index in [0.717, 1.165) is 4.68 Å². The maximum absolute atomic E-state index is 12.2. The molecule has 0 saturated heterocycles. The summed E-state index contributed by atoms with van der Waals surface area (Å²) < 4.78 is 5.87. The Morgan fingerprint density at radius 1 is 1.13 bits per heavy atom. The molecule has 0 aliphatic rings. The molecular formula is C16H13N3O4. The van der Waals surface area contributed by atoms with Crippen molar-refractivity contribution >= 4 is 16.9 Å². The number of hydrogen-bond donors (Lipinski definition) is 1. The number of aliphatic hydroxyl groups is 1. The van der Waals surface area contributed by atoms with Gasteiger partial charge in [0, 0.05) is 0 Å². The molecule has 0 unspecified atom stereocenters. The SMILES string of the molecule is O=C(OCn1nnc2ccccc2c1=O)[C@@H](O)c1ccccc1. The lowest BCUT2D eigenvalue weighted by molar-refractivity contribution is -0.158. The Bertz CT molecular complexity index is 892. The Kier molecular flexibility index (Phi) is 4.11. The highest BCUT2D eigenvalue weighted by atomic mass is 16.6. The van der Waals surface area contributed by atoms with Gasteiger partial charge in [0.05, 0.1) is 5.39 Å². The van der Waals surface area contributed by atoms with Crippen molar-refractivity contribution in [2.24, 2.45) is 0 Å². The van der Waals surface area contributed by atoms with Crippen molar-refractivity contribution < 1.29 is 14.6 Å². The van der Waals surface area contributed by atoms with Gasteiger partial charge in [-0.05, 0) is 17.7 Å². The van der Waals surface area contributed by atoms with E-state index in [1.165, 1.54) is 0 Å². The summed E-state index contributed by atoms with van der Waals surface area (Å²) >= 11 is 0. The molecule has 3 aromatic rings. The lowest BCUT2D eigenvalue weighted by Crippen LogP contribution is -2.27. The second kappa shape index (κ2) is 6.37. The van der Waals surface area contributed by atoms with Gasteiger partial charge in [0.2, 0.25) is 0 Å². The molecule has 1 atom stereocenters. The molecule has 7 heteroatoms. The normalized spacial score (nSPS) is 12.0. The third-order valence-corrected chi connectivity index (χ3v) is 3.30. The molecule has 0 amide bonds. The number of fused-ring (bicyclic) bond motifs is 1. The molecule has 1 N–H and O–H groups in total. The van der Waals surface area contributed by atoms with Crippen LogP contribution >= 0.6 is 0 Å². The first-order valence-corrected chi connectivity index (χ1v) is 6.89. The highest BCUT2D eigenvalue weighted by molar-refractivity contribution is 5.77. The van der Waals surface area contributed by atoms with Gasteiger partial charge in [0.25, 0.3) is 5.56 Å². The molecule has 23 heavy (non-hydrogen) atoms. The maximum atomic E-state index is 12.2. The number of carbonyl (C=O) groups is 1. The minimum atomic E-state index is -1.42. The van der Waals surface area contributed by atoms with Gasteiger partial charge in [-0.25, -0.2) is 4.79 Å². The summed E-state index contributed by atoms with van der Waals surface area (Å²) in [5, 5.41) is 17.9. The minimum Gasteiger partial charge on any atom is -0.440 e. The summed E-state index contributed by atoms with van der Waals surface area (Å²) in [5.74, 6) is -0.863. The zero-order chi connectivity index (χ0) is 16.2. The van der Waals surface area contributed by atoms with Crippen LogP contribution in [0.5, 0.6) is 0 Å². The fourth-order valence-electron chi connectivity index (χ4n) is 2.08. The molecule has 0 radical (unpaired) electrons. The van der Waals surface area contributed by atoms with E-state index in [4.69, 9.17) is 4.74 Å². The van der Waals surface area contributed by atoms with Crippen LogP contribution in [0.25, 0.3) is 10.9 Å². The van der Waals surface area contributed by atoms with Crippen molar-refractivity contribution in [2.75, 3.05) is 0 Å². The van der Waals surface area contributed by atoms with Gasteiger partial charge < -0.3 is 9.84 Å². The number of ether oxygens (including phenoxy) is 1. The van der Waals surface area contributed by atoms with Crippen LogP contribution in [-0.4, -0.2) is 26.1 Å². The second-order valence-corrected chi connectivity index (χ2v) is 4.82. The third kappa shape index (κ3) is 3.09. The van der Waals surface area contributed by atoms with Gasteiger partial charge in [-0.1, -0.05) is 47.7 Å². The Balaban J connectivity index is 1.75. The Labute approximate surface area is 130 Å². The number of carbonyl (C=O) groups excluding carboxylic acids is 1. The molecular weight excluding hydrogens is 298 g/mol. The largest absolute Gasteiger partial charge is 0.440 e. The summed E-state index contributed by atoms with van der Waals surface area (Å²) in [4.78, 5) is 24.0. The van der Waals surface area contributed by atoms with E-state index in [9.17, 15) is 14.7 Å². The van der Waals surface area contributed by atoms with Gasteiger partial charge in [-0.2, -0.15) is 4.68 Å². The van der Waals surface area contributed by atoms with E-state index >= 15 is 0 Å². The number of aromatic nitrogens is 3. The molecule has 0 fully saturated rings. The zero-order valence-electron chi connectivity index (χ0n) is 12.0. The Hall–Kier alpha value is -3.06. The van der Waals surface area contributed by atoms with E-state index in [1.807, 2.05) is 0 Å². The lowest BCUT2D eigenvalue weighted by Gasteiger charge is -2.11. The van der Waals surface area contributed by atoms with Gasteiger partial charge in [0.15, 0.2) is 12.8 Å². The standard InChI is InChI=1S/C16H13N3O4/c20-14(11-6-2-1-3-7-11)16(22)23-10-19-15(21)12-8-4-5-9-13(12)17-18-19/h1-9,14,20H,10H2/t14-/m0/s1. The minimum absolute atomic E-state index is 0.377. The van der Waals surface area contributed by atoms with Crippen molar-refractivity contribution in [1.29, 1.82) is 0 Å². The van der Waals surface area contributed by atoms with Gasteiger partial charge in [-0.15, -0.1) is 5.10 Å². The predicted molar refractivity (Wildman–Crippen MR) is 81.3 cm³/mol. The Morgan fingerprint density at radius 3 is 2.61 bits per heavy atom. The van der Waals surface area contributed by atoms with Crippen LogP contribution < -0.4 is 5.56 Å². The molecule has 7 nitrogen and oxygen atoms in total. The predicted octanol–water partition coefficient (Wildman–Crippen LogP) is 1.03. The van der Waals surface area contributed by atoms with Crippen LogP contribution in [-0.2, 0) is 16.3 Å². The number of hydrogen-bond acceptors (Lipinski definition) is 6. The van der Waals surface area contributed by atoms with Gasteiger partial charge >= 0.3 is 5.97 Å². The summed E-state index contributed by atoms with van der Waals surface area (Å²) in [7, 11) is 0. The number of aliphatic hydroxyl groups excluding tert-OH is 1. The molecule has 3 rings (SSSR count). The first-order chi connectivity index (χ1) is 11.2. The first kappa shape index (κ1) is 14.9. The molecule has 116 valence electrons. The third-order valence-electron chi connectivity index (χ3n) is 3.30. The molecule has 1 aromatic heterocycles. The summed E-state index contributed by atoms with van der Waals surface area (Å²) in [6.07, 6.45) is -1.42. The van der Waals surface area contributed by atoms with E-state index in [1.54, 1.807) is 54.6 Å². The smallest absolute Gasteiger partial charge is 0.341 e. The van der Waals surface area contributed by atoms with Gasteiger partial charge in [0.1, 0.15) is 5.52 Å². The van der Waals surface area contributed by atoms with Crippen molar-refractivity contribution in [3.63, 3.8) is 0 Å². The van der Waals surface area contributed by atoms with Crippen LogP contribution in [0.15, 0.2) is 59.4 Å². The summed E-state index contributed by atoms with van der Waals surface area (Å²) in [6, 6.07) is 15.1. The monoisotopic (exact) mass is 311 g/mol. The first-order valence-electron chi connectivity index (χ1n) is 6.89. The van der Waals surface area contributed by atoms with E-state index in [-0.39, 0.29) is 0 Å². The molecule has 0 aliphatic heterocycles. The average Bonchev–Trinajstić information content (AvgIpc) is 2.61. The molecule has 0 aliphatic carbocycles. The topological polar surface area (TPSA) is 94.3 Å². The maximum Gasteiger partial charge on any atom is 0.341 e. The highest BCUT2D eigenvalue weighted by Gasteiger charge is 2.19. The highest BCUT2D eigenvalue weighted by Crippen LogP contribution is 2.13. The van der Waals surface area contributed by atoms with Crippen LogP contribution in [0.2, 0.25) is 0 Å². The lowest BCUT2D eigenvalue weighted by atomic mass is 10.1. The van der Waals surface area contributed by atoms with E-state index in [0.29, 0.717) is 16.5 Å². The number of esters is 1. The van der Waals surface area contributed by atoms with Crippen molar-refractivity contribution in [2.45, 2.75) is 12.8 Å². The van der Waals surface area contributed by atoms with Crippen LogP contribution in [0.1, 0.15) is 11.7 Å².